The van der Waals surface area contributed by atoms with Gasteiger partial charge in [-0.3, -0.25) is 4.79 Å². The molecule has 4 rings (SSSR count). The summed E-state index contributed by atoms with van der Waals surface area (Å²) < 4.78 is 6.09. The summed E-state index contributed by atoms with van der Waals surface area (Å²) in [6.07, 6.45) is 1.01. The van der Waals surface area contributed by atoms with E-state index in [1.165, 1.54) is 11.1 Å². The summed E-state index contributed by atoms with van der Waals surface area (Å²) in [5.74, 6) is 0.990. The zero-order valence-corrected chi connectivity index (χ0v) is 15.5. The highest BCUT2D eigenvalue weighted by Crippen LogP contribution is 2.27. The number of nitrogens with zero attached hydrogens (tertiary/aromatic N) is 1. The van der Waals surface area contributed by atoms with E-state index < -0.39 is 0 Å². The molecule has 1 aromatic heterocycles. The van der Waals surface area contributed by atoms with Crippen LogP contribution in [0.25, 0.3) is 10.9 Å². The van der Waals surface area contributed by atoms with Crippen LogP contribution in [0.1, 0.15) is 34.1 Å². The summed E-state index contributed by atoms with van der Waals surface area (Å²) >= 11 is 0. The molecule has 0 spiro atoms. The Morgan fingerprint density at radius 1 is 1.19 bits per heavy atom. The quantitative estimate of drug-likeness (QED) is 0.766. The minimum absolute atomic E-state index is 0.0555. The van der Waals surface area contributed by atoms with Gasteiger partial charge in [-0.05, 0) is 49.6 Å². The van der Waals surface area contributed by atoms with E-state index in [9.17, 15) is 4.79 Å². The number of likely N-dealkylation sites (tertiary alicyclic amines) is 1. The second kappa shape index (κ2) is 6.52. The third-order valence-electron chi connectivity index (χ3n) is 5.21. The molecule has 2 aromatic carbocycles. The van der Waals surface area contributed by atoms with Gasteiger partial charge in [0.1, 0.15) is 17.5 Å². The van der Waals surface area contributed by atoms with Crippen LogP contribution < -0.4 is 4.74 Å². The Morgan fingerprint density at radius 2 is 1.96 bits per heavy atom. The molecule has 1 N–H and O–H groups in total. The molecular weight excluding hydrogens is 324 g/mol. The average Bonchev–Trinajstić information content (AvgIpc) is 2.94. The first kappa shape index (κ1) is 16.7. The van der Waals surface area contributed by atoms with Crippen LogP contribution in [0.3, 0.4) is 0 Å². The van der Waals surface area contributed by atoms with Gasteiger partial charge in [0.15, 0.2) is 0 Å². The summed E-state index contributed by atoms with van der Waals surface area (Å²) in [5.41, 5.74) is 5.14. The van der Waals surface area contributed by atoms with Crippen molar-refractivity contribution in [2.75, 3.05) is 13.1 Å². The van der Waals surface area contributed by atoms with E-state index in [0.717, 1.165) is 28.6 Å². The van der Waals surface area contributed by atoms with Gasteiger partial charge < -0.3 is 14.6 Å². The number of aromatic amines is 1. The number of amides is 1. The first-order valence-electron chi connectivity index (χ1n) is 9.19. The number of benzene rings is 2. The lowest BCUT2D eigenvalue weighted by atomic mass is 10.1. The molecule has 3 aromatic rings. The number of aryl methyl sites for hydroxylation is 3. The maximum atomic E-state index is 12.9. The van der Waals surface area contributed by atoms with Crippen molar-refractivity contribution < 1.29 is 9.53 Å². The topological polar surface area (TPSA) is 45.3 Å². The molecule has 0 unspecified atom stereocenters. The van der Waals surface area contributed by atoms with Gasteiger partial charge in [0, 0.05) is 10.9 Å². The Labute approximate surface area is 153 Å². The van der Waals surface area contributed by atoms with Crippen LogP contribution in [-0.4, -0.2) is 35.0 Å². The number of rotatable bonds is 4. The van der Waals surface area contributed by atoms with Gasteiger partial charge in [0.05, 0.1) is 13.1 Å². The molecule has 1 aliphatic rings. The number of carbonyl (C=O) groups excluding carboxylic acids is 1. The van der Waals surface area contributed by atoms with Crippen molar-refractivity contribution in [3.8, 4) is 5.75 Å². The van der Waals surface area contributed by atoms with Gasteiger partial charge in [-0.2, -0.15) is 0 Å². The number of nitrogens with one attached hydrogen (secondary N) is 1. The van der Waals surface area contributed by atoms with Crippen LogP contribution in [0.15, 0.2) is 42.5 Å². The molecule has 0 saturated carbocycles. The molecule has 1 aliphatic heterocycles. The maximum Gasteiger partial charge on any atom is 0.270 e. The molecule has 0 radical (unpaired) electrons. The van der Waals surface area contributed by atoms with Gasteiger partial charge in [-0.15, -0.1) is 0 Å². The number of carbonyl (C=O) groups is 1. The number of aromatic nitrogens is 1. The highest BCUT2D eigenvalue weighted by Gasteiger charge is 2.34. The summed E-state index contributed by atoms with van der Waals surface area (Å²) in [4.78, 5) is 18.0. The van der Waals surface area contributed by atoms with Gasteiger partial charge in [-0.25, -0.2) is 0 Å². The van der Waals surface area contributed by atoms with Gasteiger partial charge in [0.25, 0.3) is 5.91 Å². The van der Waals surface area contributed by atoms with Gasteiger partial charge >= 0.3 is 0 Å². The molecule has 26 heavy (non-hydrogen) atoms. The molecule has 0 bridgehead atoms. The number of hydrogen-bond donors (Lipinski definition) is 1. The fraction of sp³-hybridized carbons (Fsp3) is 0.318. The number of fused-ring (bicyclic) bond motifs is 1. The summed E-state index contributed by atoms with van der Waals surface area (Å²) in [7, 11) is 0. The Hall–Kier alpha value is -2.75. The fourth-order valence-corrected chi connectivity index (χ4v) is 3.58. The number of hydrogen-bond acceptors (Lipinski definition) is 2. The first-order valence-corrected chi connectivity index (χ1v) is 9.19. The van der Waals surface area contributed by atoms with Crippen LogP contribution >= 0.6 is 0 Å². The van der Waals surface area contributed by atoms with Crippen molar-refractivity contribution in [2.24, 2.45) is 0 Å². The van der Waals surface area contributed by atoms with Crippen LogP contribution in [0, 0.1) is 13.8 Å². The van der Waals surface area contributed by atoms with Crippen LogP contribution in [0.5, 0.6) is 5.75 Å². The van der Waals surface area contributed by atoms with Gasteiger partial charge in [0.2, 0.25) is 0 Å². The standard InChI is InChI=1S/C22H24N2O2/c1-4-16-7-5-6-8-20(16)26-17-12-24(13-17)22(25)21-15(3)18-11-14(2)9-10-19(18)23-21/h5-11,17,23H,4,12-13H2,1-3H3. The van der Waals surface area contributed by atoms with Crippen LogP contribution in [-0.2, 0) is 6.42 Å². The van der Waals surface area contributed by atoms with Crippen LogP contribution in [0.4, 0.5) is 0 Å². The second-order valence-corrected chi connectivity index (χ2v) is 7.09. The Morgan fingerprint density at radius 3 is 2.73 bits per heavy atom. The number of para-hydroxylation sites is 1. The van der Waals surface area contributed by atoms with Crippen LogP contribution in [0.2, 0.25) is 0 Å². The molecule has 4 heteroatoms. The van der Waals surface area contributed by atoms with E-state index in [-0.39, 0.29) is 12.0 Å². The van der Waals surface area contributed by atoms with E-state index in [4.69, 9.17) is 4.74 Å². The molecule has 2 heterocycles. The Kier molecular flexibility index (Phi) is 4.19. The van der Waals surface area contributed by atoms with E-state index in [2.05, 4.69) is 37.0 Å². The normalized spacial score (nSPS) is 14.5. The largest absolute Gasteiger partial charge is 0.486 e. The third-order valence-corrected chi connectivity index (χ3v) is 5.21. The predicted octanol–water partition coefficient (Wildman–Crippen LogP) is 4.25. The fourth-order valence-electron chi connectivity index (χ4n) is 3.58. The Balaban J connectivity index is 1.46. The molecule has 0 aliphatic carbocycles. The third kappa shape index (κ3) is 2.85. The SMILES string of the molecule is CCc1ccccc1OC1CN(C(=O)c2[nH]c3ccc(C)cc3c2C)C1. The molecule has 1 amide bonds. The monoisotopic (exact) mass is 348 g/mol. The smallest absolute Gasteiger partial charge is 0.270 e. The summed E-state index contributed by atoms with van der Waals surface area (Å²) in [6, 6.07) is 14.3. The minimum Gasteiger partial charge on any atom is -0.486 e. The van der Waals surface area contributed by atoms with Crippen molar-refractivity contribution in [3.05, 3.63) is 64.8 Å². The molecule has 134 valence electrons. The zero-order valence-electron chi connectivity index (χ0n) is 15.5. The summed E-state index contributed by atoms with van der Waals surface area (Å²) in [5, 5.41) is 1.12. The Bertz CT molecular complexity index is 967. The lowest BCUT2D eigenvalue weighted by molar-refractivity contribution is 0.0170. The first-order chi connectivity index (χ1) is 12.6. The predicted molar refractivity (Wildman–Crippen MR) is 104 cm³/mol. The van der Waals surface area contributed by atoms with E-state index in [1.54, 1.807) is 0 Å². The average molecular weight is 348 g/mol. The van der Waals surface area contributed by atoms with Gasteiger partial charge in [-0.1, -0.05) is 36.8 Å². The lowest BCUT2D eigenvalue weighted by Gasteiger charge is -2.39. The molecule has 0 atom stereocenters. The van der Waals surface area contributed by atoms with E-state index >= 15 is 0 Å². The van der Waals surface area contributed by atoms with Crippen molar-refractivity contribution in [1.29, 1.82) is 0 Å². The second-order valence-electron chi connectivity index (χ2n) is 7.09. The van der Waals surface area contributed by atoms with Crippen molar-refractivity contribution >= 4 is 16.8 Å². The lowest BCUT2D eigenvalue weighted by Crippen LogP contribution is -2.56. The highest BCUT2D eigenvalue weighted by atomic mass is 16.5. The van der Waals surface area contributed by atoms with Crippen molar-refractivity contribution in [1.82, 2.24) is 9.88 Å². The number of ether oxygens (including phenoxy) is 1. The molecule has 1 fully saturated rings. The van der Waals surface area contributed by atoms with E-state index in [1.807, 2.05) is 36.1 Å². The molecular formula is C22H24N2O2. The maximum absolute atomic E-state index is 12.9. The zero-order chi connectivity index (χ0) is 18.3. The minimum atomic E-state index is 0.0555. The van der Waals surface area contributed by atoms with Crippen molar-refractivity contribution in [2.45, 2.75) is 33.3 Å². The molecule has 1 saturated heterocycles. The number of H-pyrrole nitrogens is 1. The summed E-state index contributed by atoms with van der Waals surface area (Å²) in [6.45, 7) is 7.46. The van der Waals surface area contributed by atoms with Crippen molar-refractivity contribution in [3.63, 3.8) is 0 Å². The highest BCUT2D eigenvalue weighted by molar-refractivity contribution is 6.01. The molecule has 4 nitrogen and oxygen atoms in total. The van der Waals surface area contributed by atoms with E-state index in [0.29, 0.717) is 18.8 Å².